The Morgan fingerprint density at radius 3 is 2.86 bits per heavy atom. The molecule has 0 fully saturated rings. The fraction of sp³-hybridized carbons (Fsp3) is 0.357. The number of benzene rings is 1. The normalized spacial score (nSPS) is 10.5. The number of carbonyl (C=O) groups is 1. The highest BCUT2D eigenvalue weighted by atomic mass is 35.5. The average molecular weight is 341 g/mol. The molecule has 2 rings (SSSR count). The lowest BCUT2D eigenvalue weighted by atomic mass is 10.3. The third-order valence-corrected chi connectivity index (χ3v) is 3.78. The van der Waals surface area contributed by atoms with Crippen LogP contribution >= 0.6 is 23.4 Å². The second-order valence-corrected chi connectivity index (χ2v) is 5.74. The highest BCUT2D eigenvalue weighted by molar-refractivity contribution is 7.99. The van der Waals surface area contributed by atoms with Gasteiger partial charge in [0.05, 0.1) is 12.3 Å². The maximum atomic E-state index is 11.7. The number of ether oxygens (including phenoxy) is 1. The van der Waals surface area contributed by atoms with E-state index in [2.05, 4.69) is 20.5 Å². The van der Waals surface area contributed by atoms with Gasteiger partial charge in [0.25, 0.3) is 0 Å². The molecule has 2 aromatic rings. The molecule has 0 saturated heterocycles. The van der Waals surface area contributed by atoms with E-state index in [0.717, 1.165) is 18.0 Å². The van der Waals surface area contributed by atoms with Crippen molar-refractivity contribution in [3.8, 4) is 5.75 Å². The van der Waals surface area contributed by atoms with Crippen LogP contribution in [-0.4, -0.2) is 40.0 Å². The maximum Gasteiger partial charge on any atom is 0.230 e. The number of rotatable bonds is 8. The van der Waals surface area contributed by atoms with Crippen molar-refractivity contribution in [2.45, 2.75) is 18.5 Å². The van der Waals surface area contributed by atoms with E-state index in [0.29, 0.717) is 23.3 Å². The molecule has 22 heavy (non-hydrogen) atoms. The van der Waals surface area contributed by atoms with Crippen molar-refractivity contribution in [1.82, 2.24) is 20.5 Å². The Kier molecular flexibility index (Phi) is 6.54. The molecule has 0 atom stereocenters. The molecule has 0 aliphatic rings. The monoisotopic (exact) mass is 340 g/mol. The van der Waals surface area contributed by atoms with Crippen LogP contribution in [0.25, 0.3) is 0 Å². The summed E-state index contributed by atoms with van der Waals surface area (Å²) in [5.74, 6) is 1.75. The van der Waals surface area contributed by atoms with E-state index in [4.69, 9.17) is 16.3 Å². The van der Waals surface area contributed by atoms with Gasteiger partial charge in [-0.15, -0.1) is 5.10 Å². The highest BCUT2D eigenvalue weighted by Gasteiger charge is 2.06. The predicted octanol–water partition coefficient (Wildman–Crippen LogP) is 2.31. The molecule has 0 unspecified atom stereocenters. The van der Waals surface area contributed by atoms with Gasteiger partial charge in [-0.25, -0.2) is 4.98 Å². The van der Waals surface area contributed by atoms with Gasteiger partial charge in [-0.05, 0) is 24.3 Å². The van der Waals surface area contributed by atoms with Crippen LogP contribution in [0.2, 0.25) is 5.02 Å². The van der Waals surface area contributed by atoms with Gasteiger partial charge in [-0.3, -0.25) is 9.89 Å². The Hall–Kier alpha value is -1.73. The molecule has 1 aromatic heterocycles. The zero-order chi connectivity index (χ0) is 15.8. The number of aromatic amines is 1. The zero-order valence-electron chi connectivity index (χ0n) is 12.1. The molecule has 0 bridgehead atoms. The number of hydrogen-bond acceptors (Lipinski definition) is 5. The summed E-state index contributed by atoms with van der Waals surface area (Å²) in [6.07, 6.45) is 0.793. The minimum Gasteiger partial charge on any atom is -0.492 e. The van der Waals surface area contributed by atoms with Gasteiger partial charge < -0.3 is 10.1 Å². The van der Waals surface area contributed by atoms with Crippen LogP contribution in [0, 0.1) is 0 Å². The number of nitrogens with zero attached hydrogens (tertiary/aromatic N) is 2. The number of H-pyrrole nitrogens is 1. The fourth-order valence-electron chi connectivity index (χ4n) is 1.57. The van der Waals surface area contributed by atoms with Gasteiger partial charge in [0, 0.05) is 11.4 Å². The van der Waals surface area contributed by atoms with Crippen molar-refractivity contribution in [1.29, 1.82) is 0 Å². The lowest BCUT2D eigenvalue weighted by molar-refractivity contribution is -0.118. The van der Waals surface area contributed by atoms with E-state index in [1.807, 2.05) is 6.92 Å². The van der Waals surface area contributed by atoms with Gasteiger partial charge in [-0.2, -0.15) is 0 Å². The van der Waals surface area contributed by atoms with E-state index in [1.54, 1.807) is 24.3 Å². The molecule has 118 valence electrons. The van der Waals surface area contributed by atoms with Crippen LogP contribution in [0.4, 0.5) is 0 Å². The molecule has 0 radical (unpaired) electrons. The van der Waals surface area contributed by atoms with Crippen LogP contribution in [0.15, 0.2) is 29.4 Å². The number of carbonyl (C=O) groups excluding carboxylic acids is 1. The number of thioether (sulfide) groups is 1. The van der Waals surface area contributed by atoms with Crippen molar-refractivity contribution >= 4 is 29.3 Å². The lowest BCUT2D eigenvalue weighted by Gasteiger charge is -2.07. The summed E-state index contributed by atoms with van der Waals surface area (Å²) in [5, 5.41) is 10.9. The van der Waals surface area contributed by atoms with E-state index in [9.17, 15) is 4.79 Å². The summed E-state index contributed by atoms with van der Waals surface area (Å²) in [6.45, 7) is 2.83. The first kappa shape index (κ1) is 16.6. The third kappa shape index (κ3) is 5.57. The molecule has 0 spiro atoms. The predicted molar refractivity (Wildman–Crippen MR) is 86.4 cm³/mol. The number of amides is 1. The molecule has 1 aromatic carbocycles. The van der Waals surface area contributed by atoms with E-state index in [1.165, 1.54) is 11.8 Å². The van der Waals surface area contributed by atoms with Crippen LogP contribution in [0.5, 0.6) is 5.75 Å². The van der Waals surface area contributed by atoms with Crippen molar-refractivity contribution in [3.63, 3.8) is 0 Å². The topological polar surface area (TPSA) is 79.9 Å². The van der Waals surface area contributed by atoms with E-state index in [-0.39, 0.29) is 11.7 Å². The number of aryl methyl sites for hydroxylation is 1. The van der Waals surface area contributed by atoms with Gasteiger partial charge in [0.2, 0.25) is 11.1 Å². The number of halogens is 1. The van der Waals surface area contributed by atoms with Crippen molar-refractivity contribution in [3.05, 3.63) is 35.1 Å². The Morgan fingerprint density at radius 2 is 2.18 bits per heavy atom. The van der Waals surface area contributed by atoms with Gasteiger partial charge in [0.1, 0.15) is 18.2 Å². The molecule has 1 heterocycles. The standard InChI is InChI=1S/C14H17ClN4O2S/c1-2-12-17-14(19-18-12)22-9-13(20)16-7-8-21-11-5-3-10(15)4-6-11/h3-6H,2,7-9H2,1H3,(H,16,20)(H,17,18,19). The minimum absolute atomic E-state index is 0.0763. The number of hydrogen-bond donors (Lipinski definition) is 2. The first-order chi connectivity index (χ1) is 10.7. The molecule has 0 aliphatic heterocycles. The molecule has 1 amide bonds. The largest absolute Gasteiger partial charge is 0.492 e. The lowest BCUT2D eigenvalue weighted by Crippen LogP contribution is -2.29. The summed E-state index contributed by atoms with van der Waals surface area (Å²) in [4.78, 5) is 15.9. The quantitative estimate of drug-likeness (QED) is 0.569. The highest BCUT2D eigenvalue weighted by Crippen LogP contribution is 2.15. The molecule has 0 aliphatic carbocycles. The molecule has 6 nitrogen and oxygen atoms in total. The van der Waals surface area contributed by atoms with Crippen molar-refractivity contribution < 1.29 is 9.53 Å². The molecular weight excluding hydrogens is 324 g/mol. The molecule has 2 N–H and O–H groups in total. The SMILES string of the molecule is CCc1nc(SCC(=O)NCCOc2ccc(Cl)cc2)n[nH]1. The fourth-order valence-corrected chi connectivity index (χ4v) is 2.34. The number of aromatic nitrogens is 3. The summed E-state index contributed by atoms with van der Waals surface area (Å²) >= 11 is 7.08. The van der Waals surface area contributed by atoms with Crippen LogP contribution in [-0.2, 0) is 11.2 Å². The van der Waals surface area contributed by atoms with Gasteiger partial charge in [0.15, 0.2) is 0 Å². The zero-order valence-corrected chi connectivity index (χ0v) is 13.7. The Labute approximate surface area is 138 Å². The second-order valence-electron chi connectivity index (χ2n) is 4.36. The van der Waals surface area contributed by atoms with E-state index < -0.39 is 0 Å². The van der Waals surface area contributed by atoms with Gasteiger partial charge in [-0.1, -0.05) is 30.3 Å². The van der Waals surface area contributed by atoms with Crippen molar-refractivity contribution in [2.75, 3.05) is 18.9 Å². The van der Waals surface area contributed by atoms with Crippen LogP contribution in [0.3, 0.4) is 0 Å². The first-order valence-electron chi connectivity index (χ1n) is 6.86. The minimum atomic E-state index is -0.0763. The second kappa shape index (κ2) is 8.65. The third-order valence-electron chi connectivity index (χ3n) is 2.69. The van der Waals surface area contributed by atoms with Crippen LogP contribution < -0.4 is 10.1 Å². The maximum absolute atomic E-state index is 11.7. The Bertz CT molecular complexity index is 603. The molecular formula is C14H17ClN4O2S. The smallest absolute Gasteiger partial charge is 0.230 e. The first-order valence-corrected chi connectivity index (χ1v) is 8.23. The Balaban J connectivity index is 1.60. The van der Waals surface area contributed by atoms with E-state index >= 15 is 0 Å². The summed E-state index contributed by atoms with van der Waals surface area (Å²) in [5.41, 5.74) is 0. The average Bonchev–Trinajstić information content (AvgIpc) is 2.99. The Morgan fingerprint density at radius 1 is 1.41 bits per heavy atom. The van der Waals surface area contributed by atoms with Gasteiger partial charge >= 0.3 is 0 Å². The van der Waals surface area contributed by atoms with Crippen LogP contribution in [0.1, 0.15) is 12.7 Å². The number of nitrogens with one attached hydrogen (secondary N) is 2. The van der Waals surface area contributed by atoms with Crippen molar-refractivity contribution in [2.24, 2.45) is 0 Å². The molecule has 8 heteroatoms. The summed E-state index contributed by atoms with van der Waals surface area (Å²) in [7, 11) is 0. The molecule has 0 saturated carbocycles. The summed E-state index contributed by atoms with van der Waals surface area (Å²) < 4.78 is 5.48. The summed E-state index contributed by atoms with van der Waals surface area (Å²) in [6, 6.07) is 7.09.